The summed E-state index contributed by atoms with van der Waals surface area (Å²) in [5.41, 5.74) is 1.24. The van der Waals surface area contributed by atoms with Crippen molar-refractivity contribution in [3.05, 3.63) is 89.5 Å². The lowest BCUT2D eigenvalue weighted by Crippen LogP contribution is -2.22. The first-order chi connectivity index (χ1) is 14.4. The molecule has 0 heterocycles. The maximum Gasteiger partial charge on any atom is 0.170 e. The fourth-order valence-corrected chi connectivity index (χ4v) is 3.56. The molecule has 154 valence electrons. The van der Waals surface area contributed by atoms with Crippen molar-refractivity contribution in [2.24, 2.45) is 5.92 Å². The van der Waals surface area contributed by atoms with Gasteiger partial charge in [0.2, 0.25) is 0 Å². The highest BCUT2D eigenvalue weighted by Gasteiger charge is 2.30. The zero-order valence-electron chi connectivity index (χ0n) is 16.9. The Kier molecular flexibility index (Phi) is 6.52. The van der Waals surface area contributed by atoms with E-state index >= 15 is 0 Å². The number of phenolic OH excluding ortho intramolecular Hbond substituents is 2. The molecule has 2 atom stereocenters. The molecule has 0 unspecified atom stereocenters. The van der Waals surface area contributed by atoms with Gasteiger partial charge in [0.25, 0.3) is 0 Å². The fourth-order valence-electron chi connectivity index (χ4n) is 3.56. The molecule has 0 saturated carbocycles. The first kappa shape index (κ1) is 21.1. The number of hydrogen-bond acceptors (Lipinski definition) is 5. The third-order valence-corrected chi connectivity index (χ3v) is 5.34. The predicted octanol–water partition coefficient (Wildman–Crippen LogP) is 4.98. The Morgan fingerprint density at radius 1 is 0.833 bits per heavy atom. The molecule has 0 aliphatic carbocycles. The number of methoxy groups -OCH3 is 1. The number of para-hydroxylation sites is 2. The summed E-state index contributed by atoms with van der Waals surface area (Å²) in [4.78, 5) is 26.1. The van der Waals surface area contributed by atoms with E-state index in [0.717, 1.165) is 5.56 Å². The van der Waals surface area contributed by atoms with Gasteiger partial charge in [0.05, 0.1) is 18.2 Å². The summed E-state index contributed by atoms with van der Waals surface area (Å²) in [7, 11) is 1.57. The van der Waals surface area contributed by atoms with E-state index in [2.05, 4.69) is 0 Å². The van der Waals surface area contributed by atoms with Crippen LogP contribution in [-0.2, 0) is 0 Å². The first-order valence-corrected chi connectivity index (χ1v) is 9.69. The summed E-state index contributed by atoms with van der Waals surface area (Å²) >= 11 is 0. The number of aromatic hydroxyl groups is 2. The summed E-state index contributed by atoms with van der Waals surface area (Å²) in [5.74, 6) is -1.05. The van der Waals surface area contributed by atoms with Crippen LogP contribution in [0.1, 0.15) is 45.5 Å². The van der Waals surface area contributed by atoms with Crippen LogP contribution >= 0.6 is 0 Å². The van der Waals surface area contributed by atoms with E-state index in [1.807, 2.05) is 12.1 Å². The van der Waals surface area contributed by atoms with Gasteiger partial charge in [-0.1, -0.05) is 43.3 Å². The van der Waals surface area contributed by atoms with Crippen molar-refractivity contribution in [3.63, 3.8) is 0 Å². The van der Waals surface area contributed by atoms with Gasteiger partial charge in [-0.05, 0) is 42.0 Å². The summed E-state index contributed by atoms with van der Waals surface area (Å²) in [6.45, 7) is 1.75. The van der Waals surface area contributed by atoms with Crippen molar-refractivity contribution in [1.82, 2.24) is 0 Å². The molecule has 0 aromatic heterocycles. The molecule has 3 rings (SSSR count). The minimum absolute atomic E-state index is 0.0321. The Balaban J connectivity index is 1.96. The van der Waals surface area contributed by atoms with Crippen molar-refractivity contribution in [3.8, 4) is 17.2 Å². The van der Waals surface area contributed by atoms with Gasteiger partial charge in [-0.25, -0.2) is 0 Å². The number of ether oxygens (including phenoxy) is 1. The SMILES string of the molecule is COc1ccc([C@H](CC(=O)c2ccccc2O)[C@H](C)C(=O)c2ccccc2O)cc1. The zero-order chi connectivity index (χ0) is 21.7. The monoisotopic (exact) mass is 404 g/mol. The van der Waals surface area contributed by atoms with Gasteiger partial charge >= 0.3 is 0 Å². The fraction of sp³-hybridized carbons (Fsp3) is 0.200. The minimum atomic E-state index is -0.582. The van der Waals surface area contributed by atoms with E-state index in [-0.39, 0.29) is 40.6 Å². The van der Waals surface area contributed by atoms with E-state index in [1.165, 1.54) is 12.1 Å². The van der Waals surface area contributed by atoms with Gasteiger partial charge in [-0.2, -0.15) is 0 Å². The second-order valence-electron chi connectivity index (χ2n) is 7.19. The number of hydrogen-bond donors (Lipinski definition) is 2. The van der Waals surface area contributed by atoms with Crippen LogP contribution in [0.2, 0.25) is 0 Å². The molecule has 0 amide bonds. The third-order valence-electron chi connectivity index (χ3n) is 5.34. The largest absolute Gasteiger partial charge is 0.507 e. The maximum absolute atomic E-state index is 13.1. The van der Waals surface area contributed by atoms with E-state index in [9.17, 15) is 19.8 Å². The maximum atomic E-state index is 13.1. The van der Waals surface area contributed by atoms with Crippen molar-refractivity contribution < 1.29 is 24.5 Å². The van der Waals surface area contributed by atoms with Crippen LogP contribution < -0.4 is 4.74 Å². The number of carbonyl (C=O) groups excluding carboxylic acids is 2. The van der Waals surface area contributed by atoms with Crippen LogP contribution in [0.3, 0.4) is 0 Å². The van der Waals surface area contributed by atoms with Crippen LogP contribution in [0.4, 0.5) is 0 Å². The zero-order valence-corrected chi connectivity index (χ0v) is 16.9. The molecule has 30 heavy (non-hydrogen) atoms. The Morgan fingerprint density at radius 2 is 1.37 bits per heavy atom. The Bertz CT molecular complexity index is 1040. The van der Waals surface area contributed by atoms with Crippen molar-refractivity contribution >= 4 is 11.6 Å². The summed E-state index contributed by atoms with van der Waals surface area (Å²) in [6.07, 6.45) is 0.0321. The molecule has 0 saturated heterocycles. The average Bonchev–Trinajstić information content (AvgIpc) is 2.77. The number of benzene rings is 3. The number of ketones is 2. The molecule has 0 bridgehead atoms. The van der Waals surface area contributed by atoms with Crippen LogP contribution in [0.15, 0.2) is 72.8 Å². The highest BCUT2D eigenvalue weighted by molar-refractivity contribution is 6.02. The van der Waals surface area contributed by atoms with E-state index < -0.39 is 11.8 Å². The van der Waals surface area contributed by atoms with Crippen molar-refractivity contribution in [2.45, 2.75) is 19.3 Å². The van der Waals surface area contributed by atoms with Gasteiger partial charge in [0.15, 0.2) is 11.6 Å². The molecule has 0 radical (unpaired) electrons. The molecule has 2 N–H and O–H groups in total. The normalized spacial score (nSPS) is 12.7. The number of Topliss-reactive ketones (excluding diaryl/α,β-unsaturated/α-hetero) is 2. The van der Waals surface area contributed by atoms with Crippen LogP contribution in [0, 0.1) is 5.92 Å². The lowest BCUT2D eigenvalue weighted by atomic mass is 9.78. The molecule has 0 spiro atoms. The Labute approximate surface area is 175 Å². The second-order valence-corrected chi connectivity index (χ2v) is 7.19. The van der Waals surface area contributed by atoms with E-state index in [1.54, 1.807) is 62.6 Å². The first-order valence-electron chi connectivity index (χ1n) is 9.69. The lowest BCUT2D eigenvalue weighted by Gasteiger charge is -2.24. The summed E-state index contributed by atoms with van der Waals surface area (Å²) in [5, 5.41) is 20.2. The van der Waals surface area contributed by atoms with Gasteiger partial charge in [-0.15, -0.1) is 0 Å². The number of phenols is 2. The smallest absolute Gasteiger partial charge is 0.170 e. The van der Waals surface area contributed by atoms with Crippen LogP contribution in [0.25, 0.3) is 0 Å². The highest BCUT2D eigenvalue weighted by atomic mass is 16.5. The molecule has 5 heteroatoms. The third kappa shape index (κ3) is 4.51. The molecule has 0 aliphatic rings. The summed E-state index contributed by atoms with van der Waals surface area (Å²) in [6, 6.07) is 20.0. The Morgan fingerprint density at radius 3 is 1.90 bits per heavy atom. The van der Waals surface area contributed by atoms with Crippen molar-refractivity contribution in [2.75, 3.05) is 7.11 Å². The molecule has 5 nitrogen and oxygen atoms in total. The molecule has 0 fully saturated rings. The second kappa shape index (κ2) is 9.27. The van der Waals surface area contributed by atoms with Crippen LogP contribution in [0.5, 0.6) is 17.2 Å². The van der Waals surface area contributed by atoms with Gasteiger partial charge in [0.1, 0.15) is 17.2 Å². The highest BCUT2D eigenvalue weighted by Crippen LogP contribution is 2.35. The average molecular weight is 404 g/mol. The molecular weight excluding hydrogens is 380 g/mol. The molecule has 3 aromatic carbocycles. The topological polar surface area (TPSA) is 83.8 Å². The molecule has 0 aliphatic heterocycles. The Hall–Kier alpha value is -3.60. The van der Waals surface area contributed by atoms with Gasteiger partial charge < -0.3 is 14.9 Å². The van der Waals surface area contributed by atoms with E-state index in [4.69, 9.17) is 4.74 Å². The summed E-state index contributed by atoms with van der Waals surface area (Å²) < 4.78 is 5.21. The van der Waals surface area contributed by atoms with Gasteiger partial charge in [0, 0.05) is 18.3 Å². The lowest BCUT2D eigenvalue weighted by molar-refractivity contribution is 0.0885. The minimum Gasteiger partial charge on any atom is -0.507 e. The number of carbonyl (C=O) groups is 2. The quantitative estimate of drug-likeness (QED) is 0.517. The predicted molar refractivity (Wildman–Crippen MR) is 114 cm³/mol. The van der Waals surface area contributed by atoms with E-state index in [0.29, 0.717) is 5.75 Å². The molecular formula is C25H24O5. The van der Waals surface area contributed by atoms with Crippen LogP contribution in [-0.4, -0.2) is 28.9 Å². The number of rotatable bonds is 8. The van der Waals surface area contributed by atoms with Gasteiger partial charge in [-0.3, -0.25) is 9.59 Å². The molecule has 3 aromatic rings. The van der Waals surface area contributed by atoms with Crippen molar-refractivity contribution in [1.29, 1.82) is 0 Å². The standard InChI is InChI=1S/C25H24O5/c1-16(25(29)20-8-4-6-10-23(20)27)21(17-11-13-18(30-2)14-12-17)15-24(28)19-7-3-5-9-22(19)26/h3-14,16,21,26-27H,15H2,1-2H3/t16-,21+/m0/s1.